The predicted octanol–water partition coefficient (Wildman–Crippen LogP) is 2.95. The first-order valence-electron chi connectivity index (χ1n) is 8.54. The lowest BCUT2D eigenvalue weighted by Gasteiger charge is -2.29. The van der Waals surface area contributed by atoms with Gasteiger partial charge in [-0.3, -0.25) is 9.48 Å². The van der Waals surface area contributed by atoms with Crippen molar-refractivity contribution in [1.82, 2.24) is 14.7 Å². The monoisotopic (exact) mass is 358 g/mol. The number of carbonyl (C=O) groups excluding carboxylic acids is 1. The third-order valence-corrected chi connectivity index (χ3v) is 4.30. The molecule has 0 saturated heterocycles. The van der Waals surface area contributed by atoms with Gasteiger partial charge in [-0.1, -0.05) is 27.7 Å². The number of aryl methyl sites for hydroxylation is 1. The van der Waals surface area contributed by atoms with Gasteiger partial charge in [0.2, 0.25) is 5.91 Å². The topological polar surface area (TPSA) is 64.2 Å². The fraction of sp³-hybridized carbons (Fsp3) is 0.778. The van der Waals surface area contributed by atoms with Crippen molar-refractivity contribution in [3.63, 3.8) is 0 Å². The third kappa shape index (κ3) is 6.44. The second-order valence-electron chi connectivity index (χ2n) is 7.84. The lowest BCUT2D eigenvalue weighted by Crippen LogP contribution is -2.39. The summed E-state index contributed by atoms with van der Waals surface area (Å²) in [6.45, 7) is 14.9. The molecule has 2 N–H and O–H groups in total. The van der Waals surface area contributed by atoms with Crippen molar-refractivity contribution in [3.8, 4) is 0 Å². The molecule has 0 atom stereocenters. The molecule has 0 aliphatic heterocycles. The molecule has 0 bridgehead atoms. The van der Waals surface area contributed by atoms with Gasteiger partial charge in [-0.05, 0) is 43.7 Å². The molecule has 24 heavy (non-hydrogen) atoms. The van der Waals surface area contributed by atoms with Gasteiger partial charge in [0.05, 0.1) is 5.69 Å². The van der Waals surface area contributed by atoms with Crippen LogP contribution < -0.4 is 5.73 Å². The number of amides is 1. The van der Waals surface area contributed by atoms with Crippen LogP contribution in [-0.2, 0) is 17.8 Å². The molecule has 0 fully saturated rings. The number of hydrogen-bond acceptors (Lipinski definition) is 3. The van der Waals surface area contributed by atoms with E-state index in [1.54, 1.807) is 4.90 Å². The molecular weight excluding hydrogens is 324 g/mol. The standard InChI is InChI=1S/C18H34N4O.ClH/c1-13(2)10-22-15(4)16(14(3)20-22)8-9-17(23)21(7)12-18(5,6)11-19;/h13H,8-12,19H2,1-7H3;1H. The minimum absolute atomic E-state index is 0. The van der Waals surface area contributed by atoms with E-state index in [9.17, 15) is 4.79 Å². The summed E-state index contributed by atoms with van der Waals surface area (Å²) in [5.41, 5.74) is 9.15. The van der Waals surface area contributed by atoms with Crippen molar-refractivity contribution in [2.45, 2.75) is 60.9 Å². The fourth-order valence-electron chi connectivity index (χ4n) is 2.84. The quantitative estimate of drug-likeness (QED) is 0.777. The fourth-order valence-corrected chi connectivity index (χ4v) is 2.84. The van der Waals surface area contributed by atoms with E-state index in [4.69, 9.17) is 5.73 Å². The number of nitrogens with zero attached hydrogens (tertiary/aromatic N) is 3. The molecule has 5 nitrogen and oxygen atoms in total. The molecule has 0 spiro atoms. The largest absolute Gasteiger partial charge is 0.345 e. The van der Waals surface area contributed by atoms with Crippen molar-refractivity contribution in [2.75, 3.05) is 20.1 Å². The van der Waals surface area contributed by atoms with Gasteiger partial charge in [-0.25, -0.2) is 0 Å². The zero-order chi connectivity index (χ0) is 17.8. The SMILES string of the molecule is Cc1nn(CC(C)C)c(C)c1CCC(=O)N(C)CC(C)(C)CN.Cl. The number of nitrogens with two attached hydrogens (primary N) is 1. The molecule has 0 aliphatic carbocycles. The van der Waals surface area contributed by atoms with Crippen LogP contribution in [0.4, 0.5) is 0 Å². The zero-order valence-corrected chi connectivity index (χ0v) is 17.2. The maximum absolute atomic E-state index is 12.4. The van der Waals surface area contributed by atoms with Gasteiger partial charge in [0.15, 0.2) is 0 Å². The van der Waals surface area contributed by atoms with Crippen molar-refractivity contribution in [2.24, 2.45) is 17.1 Å². The lowest BCUT2D eigenvalue weighted by atomic mass is 9.93. The molecule has 140 valence electrons. The first-order valence-corrected chi connectivity index (χ1v) is 8.54. The zero-order valence-electron chi connectivity index (χ0n) is 16.3. The number of hydrogen-bond donors (Lipinski definition) is 1. The minimum Gasteiger partial charge on any atom is -0.345 e. The Morgan fingerprint density at radius 3 is 2.42 bits per heavy atom. The first-order chi connectivity index (χ1) is 10.6. The Balaban J connectivity index is 0.00000529. The van der Waals surface area contributed by atoms with Crippen LogP contribution in [0.3, 0.4) is 0 Å². The van der Waals surface area contributed by atoms with Gasteiger partial charge < -0.3 is 10.6 Å². The highest BCUT2D eigenvalue weighted by molar-refractivity contribution is 5.85. The summed E-state index contributed by atoms with van der Waals surface area (Å²) in [4.78, 5) is 14.2. The van der Waals surface area contributed by atoms with Crippen molar-refractivity contribution < 1.29 is 4.79 Å². The molecule has 0 saturated carbocycles. The van der Waals surface area contributed by atoms with Crippen LogP contribution in [0, 0.1) is 25.2 Å². The van der Waals surface area contributed by atoms with Crippen LogP contribution in [0.5, 0.6) is 0 Å². The van der Waals surface area contributed by atoms with Crippen LogP contribution in [0.1, 0.15) is 51.1 Å². The summed E-state index contributed by atoms with van der Waals surface area (Å²) in [5, 5.41) is 4.62. The summed E-state index contributed by atoms with van der Waals surface area (Å²) in [6, 6.07) is 0. The van der Waals surface area contributed by atoms with Crippen LogP contribution in [-0.4, -0.2) is 40.7 Å². The highest BCUT2D eigenvalue weighted by Crippen LogP contribution is 2.18. The van der Waals surface area contributed by atoms with Gasteiger partial charge in [-0.15, -0.1) is 12.4 Å². The van der Waals surface area contributed by atoms with Crippen LogP contribution in [0.2, 0.25) is 0 Å². The van der Waals surface area contributed by atoms with Gasteiger partial charge >= 0.3 is 0 Å². The Hall–Kier alpha value is -1.07. The number of aromatic nitrogens is 2. The molecule has 0 aromatic carbocycles. The Labute approximate surface area is 153 Å². The normalized spacial score (nSPS) is 11.5. The highest BCUT2D eigenvalue weighted by Gasteiger charge is 2.21. The van der Waals surface area contributed by atoms with Crippen molar-refractivity contribution >= 4 is 18.3 Å². The summed E-state index contributed by atoms with van der Waals surface area (Å²) < 4.78 is 2.07. The van der Waals surface area contributed by atoms with Crippen molar-refractivity contribution in [3.05, 3.63) is 17.0 Å². The second-order valence-corrected chi connectivity index (χ2v) is 7.84. The van der Waals surface area contributed by atoms with Gasteiger partial charge in [-0.2, -0.15) is 5.10 Å². The molecular formula is C18H35ClN4O. The van der Waals surface area contributed by atoms with E-state index >= 15 is 0 Å². The second kappa shape index (κ2) is 9.42. The van der Waals surface area contributed by atoms with E-state index in [0.29, 0.717) is 25.4 Å². The first kappa shape index (κ1) is 22.9. The maximum Gasteiger partial charge on any atom is 0.222 e. The Bertz CT molecular complexity index is 537. The van der Waals surface area contributed by atoms with E-state index in [1.807, 2.05) is 14.0 Å². The number of rotatable bonds is 8. The maximum atomic E-state index is 12.4. The van der Waals surface area contributed by atoms with Crippen molar-refractivity contribution in [1.29, 1.82) is 0 Å². The van der Waals surface area contributed by atoms with E-state index < -0.39 is 0 Å². The number of halogens is 1. The molecule has 1 amide bonds. The average molecular weight is 359 g/mol. The van der Waals surface area contributed by atoms with E-state index in [2.05, 4.69) is 44.4 Å². The van der Waals surface area contributed by atoms with Crippen LogP contribution >= 0.6 is 12.4 Å². The Morgan fingerprint density at radius 2 is 1.92 bits per heavy atom. The van der Waals surface area contributed by atoms with E-state index in [1.165, 1.54) is 11.3 Å². The third-order valence-electron chi connectivity index (χ3n) is 4.30. The van der Waals surface area contributed by atoms with E-state index in [0.717, 1.165) is 18.7 Å². The lowest BCUT2D eigenvalue weighted by molar-refractivity contribution is -0.131. The molecule has 1 heterocycles. The summed E-state index contributed by atoms with van der Waals surface area (Å²) in [7, 11) is 1.86. The summed E-state index contributed by atoms with van der Waals surface area (Å²) in [6.07, 6.45) is 1.27. The molecule has 0 aliphatic rings. The van der Waals surface area contributed by atoms with E-state index in [-0.39, 0.29) is 23.7 Å². The van der Waals surface area contributed by atoms with Crippen LogP contribution in [0.15, 0.2) is 0 Å². The summed E-state index contributed by atoms with van der Waals surface area (Å²) >= 11 is 0. The molecule has 1 aromatic heterocycles. The van der Waals surface area contributed by atoms with Gasteiger partial charge in [0.1, 0.15) is 0 Å². The Morgan fingerprint density at radius 1 is 1.33 bits per heavy atom. The Kier molecular flexibility index (Phi) is 9.00. The molecule has 0 radical (unpaired) electrons. The average Bonchev–Trinajstić information content (AvgIpc) is 2.69. The molecule has 6 heteroatoms. The summed E-state index contributed by atoms with van der Waals surface area (Å²) in [5.74, 6) is 0.731. The smallest absolute Gasteiger partial charge is 0.222 e. The molecule has 0 unspecified atom stereocenters. The number of carbonyl (C=O) groups is 1. The molecule has 1 rings (SSSR count). The van der Waals surface area contributed by atoms with Gasteiger partial charge in [0, 0.05) is 32.3 Å². The predicted molar refractivity (Wildman–Crippen MR) is 103 cm³/mol. The van der Waals surface area contributed by atoms with Gasteiger partial charge in [0.25, 0.3) is 0 Å². The molecule has 1 aromatic rings. The van der Waals surface area contributed by atoms with Crippen LogP contribution in [0.25, 0.3) is 0 Å². The highest BCUT2D eigenvalue weighted by atomic mass is 35.5. The minimum atomic E-state index is -0.0433.